The van der Waals surface area contributed by atoms with Gasteiger partial charge in [-0.1, -0.05) is 0 Å². The number of anilines is 2. The van der Waals surface area contributed by atoms with Crippen LogP contribution in [0.4, 0.5) is 11.5 Å². The highest BCUT2D eigenvalue weighted by Gasteiger charge is 2.11. The average molecular weight is 272 g/mol. The zero-order valence-electron chi connectivity index (χ0n) is 10.7. The normalized spacial score (nSPS) is 9.85. The Labute approximate surface area is 115 Å². The van der Waals surface area contributed by atoms with E-state index in [0.29, 0.717) is 11.3 Å². The van der Waals surface area contributed by atoms with Gasteiger partial charge >= 0.3 is 11.9 Å². The van der Waals surface area contributed by atoms with Gasteiger partial charge in [-0.05, 0) is 36.4 Å². The summed E-state index contributed by atoms with van der Waals surface area (Å²) in [6.45, 7) is 0. The molecule has 0 unspecified atom stereocenters. The summed E-state index contributed by atoms with van der Waals surface area (Å²) in [7, 11) is 1.31. The van der Waals surface area contributed by atoms with Gasteiger partial charge in [0.2, 0.25) is 0 Å². The molecular formula is C14H12N2O4. The summed E-state index contributed by atoms with van der Waals surface area (Å²) in [4.78, 5) is 26.3. The highest BCUT2D eigenvalue weighted by atomic mass is 16.5. The first-order chi connectivity index (χ1) is 9.61. The van der Waals surface area contributed by atoms with Crippen LogP contribution in [0.1, 0.15) is 20.7 Å². The van der Waals surface area contributed by atoms with Crippen LogP contribution < -0.4 is 5.32 Å². The molecule has 1 aromatic carbocycles. The number of carboxylic acid groups (broad SMARTS) is 1. The van der Waals surface area contributed by atoms with Crippen molar-refractivity contribution in [2.75, 3.05) is 12.4 Å². The van der Waals surface area contributed by atoms with Crippen molar-refractivity contribution in [1.82, 2.24) is 4.98 Å². The number of esters is 1. The number of ether oxygens (including phenoxy) is 1. The molecule has 6 heteroatoms. The Hall–Kier alpha value is -2.89. The summed E-state index contributed by atoms with van der Waals surface area (Å²) in [5, 5.41) is 11.9. The second kappa shape index (κ2) is 5.83. The van der Waals surface area contributed by atoms with Gasteiger partial charge in [0.25, 0.3) is 0 Å². The van der Waals surface area contributed by atoms with Crippen molar-refractivity contribution < 1.29 is 19.4 Å². The molecule has 1 aromatic heterocycles. The fourth-order valence-corrected chi connectivity index (χ4v) is 1.62. The van der Waals surface area contributed by atoms with Crippen LogP contribution in [-0.4, -0.2) is 29.1 Å². The zero-order chi connectivity index (χ0) is 14.5. The smallest absolute Gasteiger partial charge is 0.339 e. The Bertz CT molecular complexity index is 638. The third-order valence-electron chi connectivity index (χ3n) is 2.61. The number of aromatic carboxylic acids is 1. The largest absolute Gasteiger partial charge is 0.478 e. The molecule has 0 aliphatic heterocycles. The Morgan fingerprint density at radius 2 is 1.90 bits per heavy atom. The van der Waals surface area contributed by atoms with Gasteiger partial charge in [-0.3, -0.25) is 0 Å². The van der Waals surface area contributed by atoms with Crippen molar-refractivity contribution in [3.8, 4) is 0 Å². The molecule has 0 saturated carbocycles. The van der Waals surface area contributed by atoms with Gasteiger partial charge in [-0.15, -0.1) is 0 Å². The zero-order valence-corrected chi connectivity index (χ0v) is 10.7. The van der Waals surface area contributed by atoms with E-state index in [1.54, 1.807) is 30.3 Å². The lowest BCUT2D eigenvalue weighted by molar-refractivity contribution is 0.0600. The van der Waals surface area contributed by atoms with Gasteiger partial charge in [0.05, 0.1) is 12.7 Å². The lowest BCUT2D eigenvalue weighted by atomic mass is 10.2. The number of aromatic nitrogens is 1. The maximum absolute atomic E-state index is 11.3. The van der Waals surface area contributed by atoms with Gasteiger partial charge in [0, 0.05) is 11.9 Å². The summed E-state index contributed by atoms with van der Waals surface area (Å²) in [5.74, 6) is -1.25. The second-order valence-electron chi connectivity index (χ2n) is 3.90. The number of methoxy groups -OCH3 is 1. The molecule has 20 heavy (non-hydrogen) atoms. The molecule has 0 bridgehead atoms. The summed E-state index contributed by atoms with van der Waals surface area (Å²) in [5.41, 5.74) is 1.11. The first-order valence-electron chi connectivity index (χ1n) is 5.75. The van der Waals surface area contributed by atoms with Crippen LogP contribution in [0.2, 0.25) is 0 Å². The molecule has 0 fully saturated rings. The van der Waals surface area contributed by atoms with Crippen LogP contribution >= 0.6 is 0 Å². The predicted octanol–water partition coefficient (Wildman–Crippen LogP) is 2.31. The Kier molecular flexibility index (Phi) is 3.95. The molecule has 2 rings (SSSR count). The Morgan fingerprint density at radius 3 is 2.50 bits per heavy atom. The number of benzene rings is 1. The van der Waals surface area contributed by atoms with E-state index in [1.165, 1.54) is 19.4 Å². The van der Waals surface area contributed by atoms with Gasteiger partial charge in [0.15, 0.2) is 0 Å². The minimum Gasteiger partial charge on any atom is -0.478 e. The molecule has 2 aromatic rings. The molecule has 0 atom stereocenters. The number of hydrogen-bond acceptors (Lipinski definition) is 5. The van der Waals surface area contributed by atoms with Crippen molar-refractivity contribution >= 4 is 23.4 Å². The van der Waals surface area contributed by atoms with Crippen molar-refractivity contribution in [3.63, 3.8) is 0 Å². The molecule has 102 valence electrons. The molecule has 6 nitrogen and oxygen atoms in total. The van der Waals surface area contributed by atoms with Crippen LogP contribution in [0.25, 0.3) is 0 Å². The van der Waals surface area contributed by atoms with Gasteiger partial charge in [-0.25, -0.2) is 14.6 Å². The monoisotopic (exact) mass is 272 g/mol. The lowest BCUT2D eigenvalue weighted by Crippen LogP contribution is -2.05. The molecule has 0 aliphatic rings. The summed E-state index contributed by atoms with van der Waals surface area (Å²) in [6, 6.07) is 9.46. The van der Waals surface area contributed by atoms with Crippen molar-refractivity contribution in [1.29, 1.82) is 0 Å². The van der Waals surface area contributed by atoms with Crippen molar-refractivity contribution in [3.05, 3.63) is 53.7 Å². The molecule has 1 heterocycles. The summed E-state index contributed by atoms with van der Waals surface area (Å²) >= 11 is 0. The highest BCUT2D eigenvalue weighted by molar-refractivity contribution is 5.94. The van der Waals surface area contributed by atoms with Crippen LogP contribution in [0, 0.1) is 0 Å². The van der Waals surface area contributed by atoms with Crippen molar-refractivity contribution in [2.24, 2.45) is 0 Å². The van der Waals surface area contributed by atoms with E-state index in [1.807, 2.05) is 0 Å². The first-order valence-corrected chi connectivity index (χ1v) is 5.75. The minimum atomic E-state index is -1.06. The Morgan fingerprint density at radius 1 is 1.20 bits per heavy atom. The highest BCUT2D eigenvalue weighted by Crippen LogP contribution is 2.19. The number of carbonyl (C=O) groups excluding carboxylic acids is 1. The third kappa shape index (κ3) is 2.92. The number of carbonyl (C=O) groups is 2. The first kappa shape index (κ1) is 13.5. The molecular weight excluding hydrogens is 260 g/mol. The maximum Gasteiger partial charge on any atom is 0.339 e. The molecule has 0 radical (unpaired) electrons. The molecule has 0 spiro atoms. The third-order valence-corrected chi connectivity index (χ3v) is 2.61. The van der Waals surface area contributed by atoms with Crippen LogP contribution in [0.5, 0.6) is 0 Å². The molecule has 0 amide bonds. The molecule has 0 aliphatic carbocycles. The minimum absolute atomic E-state index is 0.0737. The van der Waals surface area contributed by atoms with Gasteiger partial charge in [-0.2, -0.15) is 0 Å². The quantitative estimate of drug-likeness (QED) is 0.830. The van der Waals surface area contributed by atoms with Gasteiger partial charge in [0.1, 0.15) is 11.4 Å². The van der Waals surface area contributed by atoms with E-state index in [-0.39, 0.29) is 11.4 Å². The number of rotatable bonds is 4. The van der Waals surface area contributed by atoms with Crippen molar-refractivity contribution in [2.45, 2.75) is 0 Å². The molecule has 2 N–H and O–H groups in total. The molecule has 0 saturated heterocycles. The van der Waals surface area contributed by atoms with E-state index in [4.69, 9.17) is 5.11 Å². The topological polar surface area (TPSA) is 88.5 Å². The van der Waals surface area contributed by atoms with Crippen LogP contribution in [0.3, 0.4) is 0 Å². The number of nitrogens with one attached hydrogen (secondary N) is 1. The van der Waals surface area contributed by atoms with E-state index in [2.05, 4.69) is 15.0 Å². The van der Waals surface area contributed by atoms with Gasteiger partial charge < -0.3 is 15.2 Å². The number of nitrogens with zero attached hydrogens (tertiary/aromatic N) is 1. The van der Waals surface area contributed by atoms with Crippen LogP contribution in [-0.2, 0) is 4.74 Å². The standard InChI is InChI=1S/C14H12N2O4/c1-20-14(19)9-4-6-10(7-5-9)16-12-11(13(17)18)3-2-8-15-12/h2-8H,1H3,(H,15,16)(H,17,18). The number of hydrogen-bond donors (Lipinski definition) is 2. The van der Waals surface area contributed by atoms with E-state index < -0.39 is 11.9 Å². The van der Waals surface area contributed by atoms with Crippen LogP contribution in [0.15, 0.2) is 42.6 Å². The number of pyridine rings is 1. The van der Waals surface area contributed by atoms with E-state index in [9.17, 15) is 9.59 Å². The predicted molar refractivity (Wildman–Crippen MR) is 72.3 cm³/mol. The summed E-state index contributed by atoms with van der Waals surface area (Å²) in [6.07, 6.45) is 1.50. The SMILES string of the molecule is COC(=O)c1ccc(Nc2ncccc2C(=O)O)cc1. The fourth-order valence-electron chi connectivity index (χ4n) is 1.62. The number of carboxylic acids is 1. The fraction of sp³-hybridized carbons (Fsp3) is 0.0714. The second-order valence-corrected chi connectivity index (χ2v) is 3.90. The Balaban J connectivity index is 2.23. The van der Waals surface area contributed by atoms with E-state index >= 15 is 0 Å². The maximum atomic E-state index is 11.3. The average Bonchev–Trinajstić information content (AvgIpc) is 2.47. The summed E-state index contributed by atoms with van der Waals surface area (Å²) < 4.78 is 4.60. The van der Waals surface area contributed by atoms with E-state index in [0.717, 1.165) is 0 Å². The lowest BCUT2D eigenvalue weighted by Gasteiger charge is -2.08.